The van der Waals surface area contributed by atoms with Crippen molar-refractivity contribution < 1.29 is 5.11 Å². The number of aliphatic hydroxyl groups excluding tert-OH is 1. The highest BCUT2D eigenvalue weighted by molar-refractivity contribution is 6.31. The van der Waals surface area contributed by atoms with E-state index in [4.69, 9.17) is 11.6 Å². The topological polar surface area (TPSA) is 56.6 Å². The Morgan fingerprint density at radius 1 is 1.47 bits per heavy atom. The molecule has 0 bridgehead atoms. The fourth-order valence-electron chi connectivity index (χ4n) is 1.70. The number of nitrogens with one attached hydrogen (secondary N) is 2. The van der Waals surface area contributed by atoms with Crippen LogP contribution >= 0.6 is 11.6 Å². The van der Waals surface area contributed by atoms with Crippen LogP contribution in [0.5, 0.6) is 0 Å². The molecule has 5 heteroatoms. The van der Waals surface area contributed by atoms with Crippen molar-refractivity contribution in [1.82, 2.24) is 10.6 Å². The third kappa shape index (κ3) is 3.35. The lowest BCUT2D eigenvalue weighted by Gasteiger charge is -2.18. The van der Waals surface area contributed by atoms with E-state index in [0.717, 1.165) is 31.0 Å². The minimum Gasteiger partial charge on any atom is -0.387 e. The molecule has 0 fully saturated rings. The van der Waals surface area contributed by atoms with E-state index in [2.05, 4.69) is 15.6 Å². The van der Waals surface area contributed by atoms with Crippen molar-refractivity contribution in [3.05, 3.63) is 34.9 Å². The smallest absolute Gasteiger partial charge is 0.191 e. The van der Waals surface area contributed by atoms with Gasteiger partial charge in [0.1, 0.15) is 0 Å². The second-order valence-electron chi connectivity index (χ2n) is 3.93. The zero-order chi connectivity index (χ0) is 12.1. The second-order valence-corrected chi connectivity index (χ2v) is 4.34. The number of rotatable bonds is 3. The molecular formula is C12H16ClN3O. The standard InChI is InChI=1S/C12H16ClN3O/c13-10-5-2-1-4-9(10)11(17)8-16-12-14-6-3-7-15-12/h1-2,4-5,11,17H,3,6-8H2,(H2,14,15,16). The fraction of sp³-hybridized carbons (Fsp3) is 0.417. The van der Waals surface area contributed by atoms with Crippen LogP contribution < -0.4 is 10.6 Å². The van der Waals surface area contributed by atoms with Gasteiger partial charge in [-0.05, 0) is 12.5 Å². The third-order valence-corrected chi connectivity index (χ3v) is 2.97. The summed E-state index contributed by atoms with van der Waals surface area (Å²) in [4.78, 5) is 4.27. The Hall–Kier alpha value is -1.26. The van der Waals surface area contributed by atoms with Gasteiger partial charge in [0.15, 0.2) is 5.96 Å². The summed E-state index contributed by atoms with van der Waals surface area (Å²) >= 11 is 6.01. The molecule has 1 heterocycles. The van der Waals surface area contributed by atoms with Crippen molar-refractivity contribution in [1.29, 1.82) is 0 Å². The van der Waals surface area contributed by atoms with E-state index in [-0.39, 0.29) is 0 Å². The highest BCUT2D eigenvalue weighted by Crippen LogP contribution is 2.21. The molecule has 3 N–H and O–H groups in total. The largest absolute Gasteiger partial charge is 0.387 e. The van der Waals surface area contributed by atoms with E-state index >= 15 is 0 Å². The Morgan fingerprint density at radius 3 is 3.00 bits per heavy atom. The average molecular weight is 254 g/mol. The zero-order valence-electron chi connectivity index (χ0n) is 9.49. The summed E-state index contributed by atoms with van der Waals surface area (Å²) in [7, 11) is 0. The van der Waals surface area contributed by atoms with Crippen LogP contribution in [0.2, 0.25) is 5.02 Å². The minimum absolute atomic E-state index is 0.398. The molecule has 1 unspecified atom stereocenters. The number of benzene rings is 1. The summed E-state index contributed by atoms with van der Waals surface area (Å²) in [6.45, 7) is 2.15. The molecule has 0 spiro atoms. The minimum atomic E-state index is -0.630. The van der Waals surface area contributed by atoms with Crippen LogP contribution in [0.3, 0.4) is 0 Å². The van der Waals surface area contributed by atoms with Gasteiger partial charge in [-0.2, -0.15) is 0 Å². The summed E-state index contributed by atoms with van der Waals surface area (Å²) in [6, 6.07) is 7.31. The molecule has 92 valence electrons. The van der Waals surface area contributed by atoms with Crippen molar-refractivity contribution in [2.75, 3.05) is 19.6 Å². The molecule has 1 atom stereocenters. The molecule has 1 aromatic carbocycles. The number of halogens is 1. The van der Waals surface area contributed by atoms with Crippen molar-refractivity contribution in [2.24, 2.45) is 4.99 Å². The van der Waals surface area contributed by atoms with E-state index in [1.165, 1.54) is 0 Å². The first-order chi connectivity index (χ1) is 8.27. The summed E-state index contributed by atoms with van der Waals surface area (Å²) in [5, 5.41) is 16.8. The highest BCUT2D eigenvalue weighted by atomic mass is 35.5. The van der Waals surface area contributed by atoms with Gasteiger partial charge in [0, 0.05) is 30.2 Å². The van der Waals surface area contributed by atoms with Crippen LogP contribution in [0, 0.1) is 0 Å². The quantitative estimate of drug-likeness (QED) is 0.761. The third-order valence-electron chi connectivity index (χ3n) is 2.62. The number of aliphatic imine (C=N–C) groups is 1. The molecule has 1 aliphatic heterocycles. The van der Waals surface area contributed by atoms with Crippen LogP contribution in [-0.4, -0.2) is 30.7 Å². The lowest BCUT2D eigenvalue weighted by Crippen LogP contribution is -2.42. The van der Waals surface area contributed by atoms with Crippen LogP contribution in [-0.2, 0) is 0 Å². The Morgan fingerprint density at radius 2 is 2.29 bits per heavy atom. The lowest BCUT2D eigenvalue weighted by molar-refractivity contribution is 0.181. The first-order valence-electron chi connectivity index (χ1n) is 5.72. The van der Waals surface area contributed by atoms with Gasteiger partial charge in [-0.3, -0.25) is 4.99 Å². The summed E-state index contributed by atoms with van der Waals surface area (Å²) < 4.78 is 0. The molecule has 17 heavy (non-hydrogen) atoms. The first-order valence-corrected chi connectivity index (χ1v) is 6.10. The maximum atomic E-state index is 10.0. The number of guanidine groups is 1. The van der Waals surface area contributed by atoms with Crippen LogP contribution in [0.1, 0.15) is 18.1 Å². The van der Waals surface area contributed by atoms with Crippen LogP contribution in [0.4, 0.5) is 0 Å². The molecule has 0 aliphatic carbocycles. The van der Waals surface area contributed by atoms with E-state index in [1.807, 2.05) is 18.2 Å². The average Bonchev–Trinajstić information content (AvgIpc) is 2.38. The SMILES string of the molecule is OC(CNC1=NCCCN1)c1ccccc1Cl. The molecule has 0 saturated carbocycles. The molecule has 1 aromatic rings. The van der Waals surface area contributed by atoms with Crippen LogP contribution in [0.25, 0.3) is 0 Å². The van der Waals surface area contributed by atoms with Crippen molar-refractivity contribution in [3.8, 4) is 0 Å². The molecule has 0 amide bonds. The fourth-order valence-corrected chi connectivity index (χ4v) is 1.96. The van der Waals surface area contributed by atoms with E-state index in [1.54, 1.807) is 6.07 Å². The van der Waals surface area contributed by atoms with Gasteiger partial charge < -0.3 is 15.7 Å². The molecule has 0 radical (unpaired) electrons. The number of nitrogens with zero attached hydrogens (tertiary/aromatic N) is 1. The van der Waals surface area contributed by atoms with Crippen molar-refractivity contribution in [3.63, 3.8) is 0 Å². The Bertz CT molecular complexity index is 408. The van der Waals surface area contributed by atoms with E-state index in [0.29, 0.717) is 11.6 Å². The van der Waals surface area contributed by atoms with Crippen molar-refractivity contribution >= 4 is 17.6 Å². The normalized spacial score (nSPS) is 16.9. The molecule has 4 nitrogen and oxygen atoms in total. The molecular weight excluding hydrogens is 238 g/mol. The van der Waals surface area contributed by atoms with Gasteiger partial charge in [0.05, 0.1) is 6.10 Å². The molecule has 0 aromatic heterocycles. The van der Waals surface area contributed by atoms with Gasteiger partial charge in [-0.25, -0.2) is 0 Å². The predicted octanol–water partition coefficient (Wildman–Crippen LogP) is 1.31. The maximum absolute atomic E-state index is 10.0. The van der Waals surface area contributed by atoms with Gasteiger partial charge in [0.25, 0.3) is 0 Å². The summed E-state index contributed by atoms with van der Waals surface area (Å²) in [6.07, 6.45) is 0.424. The number of aliphatic hydroxyl groups is 1. The van der Waals surface area contributed by atoms with Gasteiger partial charge >= 0.3 is 0 Å². The lowest BCUT2D eigenvalue weighted by atomic mass is 10.1. The van der Waals surface area contributed by atoms with E-state index < -0.39 is 6.10 Å². The maximum Gasteiger partial charge on any atom is 0.191 e. The number of hydrogen-bond donors (Lipinski definition) is 3. The Labute approximate surface area is 106 Å². The summed E-state index contributed by atoms with van der Waals surface area (Å²) in [5.74, 6) is 0.752. The summed E-state index contributed by atoms with van der Waals surface area (Å²) in [5.41, 5.74) is 0.734. The van der Waals surface area contributed by atoms with Gasteiger partial charge in [0.2, 0.25) is 0 Å². The predicted molar refractivity (Wildman–Crippen MR) is 69.3 cm³/mol. The first kappa shape index (κ1) is 12.2. The Kier molecular flexibility index (Phi) is 4.23. The van der Waals surface area contributed by atoms with E-state index in [9.17, 15) is 5.11 Å². The Balaban J connectivity index is 1.91. The van der Waals surface area contributed by atoms with Gasteiger partial charge in [-0.1, -0.05) is 29.8 Å². The zero-order valence-corrected chi connectivity index (χ0v) is 10.2. The number of hydrogen-bond acceptors (Lipinski definition) is 4. The van der Waals surface area contributed by atoms with Crippen molar-refractivity contribution in [2.45, 2.75) is 12.5 Å². The molecule has 0 saturated heterocycles. The van der Waals surface area contributed by atoms with Crippen LogP contribution in [0.15, 0.2) is 29.3 Å². The molecule has 2 rings (SSSR count). The second kappa shape index (κ2) is 5.89. The monoisotopic (exact) mass is 253 g/mol. The van der Waals surface area contributed by atoms with Gasteiger partial charge in [-0.15, -0.1) is 0 Å². The highest BCUT2D eigenvalue weighted by Gasteiger charge is 2.12. The molecule has 1 aliphatic rings.